The van der Waals surface area contributed by atoms with Gasteiger partial charge in [0.2, 0.25) is 5.91 Å². The van der Waals surface area contributed by atoms with Gasteiger partial charge in [-0.25, -0.2) is 0 Å². The quantitative estimate of drug-likeness (QED) is 0.685. The third-order valence-electron chi connectivity index (χ3n) is 5.00. The zero-order chi connectivity index (χ0) is 15.8. The minimum atomic E-state index is -0.816. The highest BCUT2D eigenvalue weighted by atomic mass is 16.4. The van der Waals surface area contributed by atoms with Crippen LogP contribution in [0.4, 0.5) is 0 Å². The zero-order valence-corrected chi connectivity index (χ0v) is 13.7. The standard InChI is InChI=1S/C17H31NO3/c1-4-7-8-12(5-2)11-18-16(19)14-9-13(6-3)10-15(14)17(20)21/h12-15H,4-11H2,1-3H3,(H,18,19)(H,20,21). The van der Waals surface area contributed by atoms with Crippen molar-refractivity contribution in [3.8, 4) is 0 Å². The Bertz CT molecular complexity index is 343. The van der Waals surface area contributed by atoms with E-state index < -0.39 is 11.9 Å². The Balaban J connectivity index is 2.51. The average molecular weight is 297 g/mol. The number of carbonyl (C=O) groups is 2. The molecule has 4 unspecified atom stereocenters. The molecule has 4 nitrogen and oxygen atoms in total. The van der Waals surface area contributed by atoms with Gasteiger partial charge in [-0.15, -0.1) is 0 Å². The molecule has 0 aromatic rings. The molecule has 0 heterocycles. The monoisotopic (exact) mass is 297 g/mol. The molecule has 21 heavy (non-hydrogen) atoms. The van der Waals surface area contributed by atoms with E-state index in [0.29, 0.717) is 24.8 Å². The van der Waals surface area contributed by atoms with Crippen molar-refractivity contribution >= 4 is 11.9 Å². The minimum absolute atomic E-state index is 0.0479. The summed E-state index contributed by atoms with van der Waals surface area (Å²) in [6, 6.07) is 0. The topological polar surface area (TPSA) is 66.4 Å². The van der Waals surface area contributed by atoms with Crippen LogP contribution in [-0.2, 0) is 9.59 Å². The fraction of sp³-hybridized carbons (Fsp3) is 0.882. The summed E-state index contributed by atoms with van der Waals surface area (Å²) in [7, 11) is 0. The van der Waals surface area contributed by atoms with Crippen LogP contribution in [0.1, 0.15) is 65.7 Å². The van der Waals surface area contributed by atoms with Crippen LogP contribution in [0, 0.1) is 23.7 Å². The summed E-state index contributed by atoms with van der Waals surface area (Å²) in [4.78, 5) is 23.7. The molecule has 0 aromatic heterocycles. The molecule has 0 saturated heterocycles. The van der Waals surface area contributed by atoms with Crippen LogP contribution in [0.2, 0.25) is 0 Å². The number of hydrogen-bond acceptors (Lipinski definition) is 2. The highest BCUT2D eigenvalue weighted by Crippen LogP contribution is 2.38. The first kappa shape index (κ1) is 18.0. The van der Waals surface area contributed by atoms with E-state index in [1.165, 1.54) is 12.8 Å². The fourth-order valence-corrected chi connectivity index (χ4v) is 3.36. The first-order valence-electron chi connectivity index (χ1n) is 8.53. The SMILES string of the molecule is CCCCC(CC)CNC(=O)C1CC(CC)CC1C(=O)O. The first-order valence-corrected chi connectivity index (χ1v) is 8.53. The number of aliphatic carboxylic acids is 1. The number of rotatable bonds is 9. The molecule has 1 aliphatic carbocycles. The number of carbonyl (C=O) groups excluding carboxylic acids is 1. The van der Waals surface area contributed by atoms with E-state index in [1.807, 2.05) is 0 Å². The van der Waals surface area contributed by atoms with Gasteiger partial charge in [0.15, 0.2) is 0 Å². The second-order valence-corrected chi connectivity index (χ2v) is 6.46. The van der Waals surface area contributed by atoms with E-state index in [1.54, 1.807) is 0 Å². The summed E-state index contributed by atoms with van der Waals surface area (Å²) >= 11 is 0. The molecule has 0 bridgehead atoms. The maximum absolute atomic E-state index is 12.3. The van der Waals surface area contributed by atoms with E-state index in [9.17, 15) is 14.7 Å². The first-order chi connectivity index (χ1) is 10.0. The van der Waals surface area contributed by atoms with Crippen LogP contribution in [0.3, 0.4) is 0 Å². The lowest BCUT2D eigenvalue weighted by Gasteiger charge is -2.19. The number of amides is 1. The molecular weight excluding hydrogens is 266 g/mol. The van der Waals surface area contributed by atoms with Gasteiger partial charge in [0.05, 0.1) is 11.8 Å². The Morgan fingerprint density at radius 2 is 1.86 bits per heavy atom. The summed E-state index contributed by atoms with van der Waals surface area (Å²) in [6.07, 6.45) is 6.90. The smallest absolute Gasteiger partial charge is 0.307 e. The molecule has 1 rings (SSSR count). The van der Waals surface area contributed by atoms with Crippen molar-refractivity contribution in [2.75, 3.05) is 6.54 Å². The van der Waals surface area contributed by atoms with E-state index in [-0.39, 0.29) is 11.8 Å². The Morgan fingerprint density at radius 1 is 1.19 bits per heavy atom. The normalized spacial score (nSPS) is 26.5. The van der Waals surface area contributed by atoms with Crippen molar-refractivity contribution in [2.24, 2.45) is 23.7 Å². The maximum Gasteiger partial charge on any atom is 0.307 e. The lowest BCUT2D eigenvalue weighted by atomic mass is 9.94. The van der Waals surface area contributed by atoms with E-state index in [2.05, 4.69) is 26.1 Å². The van der Waals surface area contributed by atoms with E-state index in [4.69, 9.17) is 0 Å². The maximum atomic E-state index is 12.3. The average Bonchev–Trinajstić information content (AvgIpc) is 2.92. The number of hydrogen-bond donors (Lipinski definition) is 2. The zero-order valence-electron chi connectivity index (χ0n) is 13.7. The summed E-state index contributed by atoms with van der Waals surface area (Å²) in [6.45, 7) is 7.08. The second-order valence-electron chi connectivity index (χ2n) is 6.46. The molecule has 0 spiro atoms. The third-order valence-corrected chi connectivity index (χ3v) is 5.00. The van der Waals surface area contributed by atoms with Crippen LogP contribution >= 0.6 is 0 Å². The summed E-state index contributed by atoms with van der Waals surface area (Å²) in [5.74, 6) is -0.802. The predicted molar refractivity (Wildman–Crippen MR) is 83.9 cm³/mol. The van der Waals surface area contributed by atoms with Crippen LogP contribution < -0.4 is 5.32 Å². The molecule has 4 heteroatoms. The molecule has 0 radical (unpaired) electrons. The van der Waals surface area contributed by atoms with Gasteiger partial charge in [-0.05, 0) is 31.1 Å². The predicted octanol–water partition coefficient (Wildman–Crippen LogP) is 3.46. The summed E-state index contributed by atoms with van der Waals surface area (Å²) in [5.41, 5.74) is 0. The second kappa shape index (κ2) is 9.06. The Morgan fingerprint density at radius 3 is 2.38 bits per heavy atom. The van der Waals surface area contributed by atoms with Crippen LogP contribution in [-0.4, -0.2) is 23.5 Å². The molecular formula is C17H31NO3. The Hall–Kier alpha value is -1.06. The Kier molecular flexibility index (Phi) is 7.76. The largest absolute Gasteiger partial charge is 0.481 e. The summed E-state index contributed by atoms with van der Waals surface area (Å²) < 4.78 is 0. The van der Waals surface area contributed by atoms with Gasteiger partial charge in [0, 0.05) is 6.54 Å². The van der Waals surface area contributed by atoms with Crippen molar-refractivity contribution in [3.63, 3.8) is 0 Å². The van der Waals surface area contributed by atoms with Gasteiger partial charge in [-0.1, -0.05) is 46.5 Å². The third kappa shape index (κ3) is 5.33. The minimum Gasteiger partial charge on any atom is -0.481 e. The van der Waals surface area contributed by atoms with Crippen LogP contribution in [0.15, 0.2) is 0 Å². The van der Waals surface area contributed by atoms with Crippen molar-refractivity contribution < 1.29 is 14.7 Å². The molecule has 1 aliphatic rings. The van der Waals surface area contributed by atoms with Crippen LogP contribution in [0.5, 0.6) is 0 Å². The molecule has 1 saturated carbocycles. The number of unbranched alkanes of at least 4 members (excludes halogenated alkanes) is 1. The summed E-state index contributed by atoms with van der Waals surface area (Å²) in [5, 5.41) is 12.3. The van der Waals surface area contributed by atoms with Crippen molar-refractivity contribution in [1.82, 2.24) is 5.32 Å². The van der Waals surface area contributed by atoms with E-state index in [0.717, 1.165) is 25.7 Å². The highest BCUT2D eigenvalue weighted by Gasteiger charge is 2.41. The van der Waals surface area contributed by atoms with Crippen molar-refractivity contribution in [2.45, 2.75) is 65.7 Å². The van der Waals surface area contributed by atoms with Crippen molar-refractivity contribution in [3.05, 3.63) is 0 Å². The lowest BCUT2D eigenvalue weighted by molar-refractivity contribution is -0.146. The number of nitrogens with one attached hydrogen (secondary N) is 1. The highest BCUT2D eigenvalue weighted by molar-refractivity contribution is 5.85. The molecule has 4 atom stereocenters. The van der Waals surface area contributed by atoms with Gasteiger partial charge in [0.1, 0.15) is 0 Å². The van der Waals surface area contributed by atoms with Gasteiger partial charge < -0.3 is 10.4 Å². The number of carboxylic acid groups (broad SMARTS) is 1. The van der Waals surface area contributed by atoms with Gasteiger partial charge in [-0.3, -0.25) is 9.59 Å². The fourth-order valence-electron chi connectivity index (χ4n) is 3.36. The van der Waals surface area contributed by atoms with Crippen molar-refractivity contribution in [1.29, 1.82) is 0 Å². The van der Waals surface area contributed by atoms with Gasteiger partial charge >= 0.3 is 5.97 Å². The van der Waals surface area contributed by atoms with Gasteiger partial charge in [-0.2, -0.15) is 0 Å². The molecule has 122 valence electrons. The molecule has 0 aromatic carbocycles. The Labute approximate surface area is 128 Å². The number of carboxylic acids is 1. The molecule has 2 N–H and O–H groups in total. The van der Waals surface area contributed by atoms with E-state index >= 15 is 0 Å². The lowest BCUT2D eigenvalue weighted by Crippen LogP contribution is -2.37. The molecule has 0 aliphatic heterocycles. The molecule has 1 fully saturated rings. The molecule has 1 amide bonds. The van der Waals surface area contributed by atoms with Gasteiger partial charge in [0.25, 0.3) is 0 Å². The van der Waals surface area contributed by atoms with Crippen LogP contribution in [0.25, 0.3) is 0 Å².